The lowest BCUT2D eigenvalue weighted by Gasteiger charge is -2.31. The molecule has 1 aliphatic carbocycles. The minimum Gasteiger partial charge on any atom is -0.466 e. The Hall–Kier alpha value is -0.870. The highest BCUT2D eigenvalue weighted by Gasteiger charge is 2.26. The lowest BCUT2D eigenvalue weighted by atomic mass is 9.82. The highest BCUT2D eigenvalue weighted by molar-refractivity contribution is 5.88. The van der Waals surface area contributed by atoms with Gasteiger partial charge in [0, 0.05) is 12.1 Å². The maximum atomic E-state index is 11.2. The Morgan fingerprint density at radius 3 is 2.75 bits per heavy atom. The van der Waals surface area contributed by atoms with Crippen molar-refractivity contribution >= 4 is 5.97 Å². The van der Waals surface area contributed by atoms with Crippen molar-refractivity contribution in [3.05, 3.63) is 11.6 Å². The summed E-state index contributed by atoms with van der Waals surface area (Å²) in [7, 11) is 1.40. The zero-order valence-electron chi connectivity index (χ0n) is 10.0. The maximum absolute atomic E-state index is 11.2. The molecule has 1 fully saturated rings. The number of ether oxygens (including phenoxy) is 1. The largest absolute Gasteiger partial charge is 0.466 e. The number of aliphatic hydroxyl groups excluding tert-OH is 1. The first kappa shape index (κ1) is 13.2. The third kappa shape index (κ3) is 3.94. The summed E-state index contributed by atoms with van der Waals surface area (Å²) in [5, 5.41) is 12.4. The van der Waals surface area contributed by atoms with Crippen molar-refractivity contribution in [3.8, 4) is 0 Å². The third-order valence-corrected chi connectivity index (χ3v) is 2.97. The molecule has 0 amide bonds. The highest BCUT2D eigenvalue weighted by atomic mass is 16.5. The summed E-state index contributed by atoms with van der Waals surface area (Å²) < 4.78 is 4.66. The molecule has 1 saturated carbocycles. The van der Waals surface area contributed by atoms with Crippen LogP contribution in [0.25, 0.3) is 0 Å². The van der Waals surface area contributed by atoms with E-state index in [-0.39, 0.29) is 12.1 Å². The Kier molecular flexibility index (Phi) is 5.49. The minimum atomic E-state index is -0.247. The zero-order chi connectivity index (χ0) is 12.0. The van der Waals surface area contributed by atoms with Crippen LogP contribution in [-0.4, -0.2) is 37.4 Å². The van der Waals surface area contributed by atoms with Crippen molar-refractivity contribution in [2.24, 2.45) is 5.92 Å². The highest BCUT2D eigenvalue weighted by Crippen LogP contribution is 2.25. The minimum absolute atomic E-state index is 0.0939. The van der Waals surface area contributed by atoms with E-state index in [1.807, 2.05) is 13.0 Å². The molecule has 4 nitrogen and oxygen atoms in total. The Morgan fingerprint density at radius 1 is 1.56 bits per heavy atom. The number of methoxy groups -OCH3 is 1. The van der Waals surface area contributed by atoms with Crippen LogP contribution in [0.5, 0.6) is 0 Å². The normalized spacial score (nSPS) is 25.1. The van der Waals surface area contributed by atoms with Crippen molar-refractivity contribution in [1.82, 2.24) is 5.32 Å². The van der Waals surface area contributed by atoms with Gasteiger partial charge in [-0.05, 0) is 31.7 Å². The monoisotopic (exact) mass is 227 g/mol. The van der Waals surface area contributed by atoms with Gasteiger partial charge in [0.2, 0.25) is 0 Å². The zero-order valence-corrected chi connectivity index (χ0v) is 10.0. The first-order chi connectivity index (χ1) is 7.67. The van der Waals surface area contributed by atoms with Crippen LogP contribution in [0, 0.1) is 5.92 Å². The fourth-order valence-electron chi connectivity index (χ4n) is 1.85. The van der Waals surface area contributed by atoms with Gasteiger partial charge in [-0.25, -0.2) is 4.79 Å². The molecular weight excluding hydrogens is 206 g/mol. The summed E-state index contributed by atoms with van der Waals surface area (Å²) in [4.78, 5) is 11.2. The van der Waals surface area contributed by atoms with E-state index in [1.54, 1.807) is 0 Å². The molecule has 1 rings (SSSR count). The van der Waals surface area contributed by atoms with Crippen LogP contribution in [0.15, 0.2) is 11.6 Å². The Bertz CT molecular complexity index is 257. The van der Waals surface area contributed by atoms with Crippen molar-refractivity contribution in [1.29, 1.82) is 0 Å². The second-order valence-corrected chi connectivity index (χ2v) is 4.22. The quantitative estimate of drug-likeness (QED) is 0.401. The summed E-state index contributed by atoms with van der Waals surface area (Å²) in [6.07, 6.45) is 4.27. The molecule has 0 bridgehead atoms. The van der Waals surface area contributed by atoms with Crippen LogP contribution in [0.1, 0.15) is 26.2 Å². The summed E-state index contributed by atoms with van der Waals surface area (Å²) in [6, 6.07) is 0. The lowest BCUT2D eigenvalue weighted by Crippen LogP contribution is -2.36. The molecule has 0 heterocycles. The fourth-order valence-corrected chi connectivity index (χ4v) is 1.85. The van der Waals surface area contributed by atoms with Crippen LogP contribution in [-0.2, 0) is 9.53 Å². The van der Waals surface area contributed by atoms with E-state index in [4.69, 9.17) is 5.11 Å². The van der Waals surface area contributed by atoms with Gasteiger partial charge in [0.15, 0.2) is 0 Å². The summed E-state index contributed by atoms with van der Waals surface area (Å²) in [6.45, 7) is 3.53. The molecule has 0 unspecified atom stereocenters. The SMILES string of the molecule is CCC(=CCNCC1CC(O)C1)C(=O)OC. The molecule has 0 aromatic heterocycles. The number of carbonyl (C=O) groups excluding carboxylic acids is 1. The Balaban J connectivity index is 2.16. The average Bonchev–Trinajstić information content (AvgIpc) is 2.25. The summed E-state index contributed by atoms with van der Waals surface area (Å²) >= 11 is 0. The van der Waals surface area contributed by atoms with Gasteiger partial charge >= 0.3 is 5.97 Å². The molecule has 0 aromatic carbocycles. The van der Waals surface area contributed by atoms with E-state index in [9.17, 15) is 4.79 Å². The maximum Gasteiger partial charge on any atom is 0.333 e. The second-order valence-electron chi connectivity index (χ2n) is 4.22. The standard InChI is InChI=1S/C12H21NO3/c1-3-10(12(15)16-2)4-5-13-8-9-6-11(14)7-9/h4,9,11,13-14H,3,5-8H2,1-2H3. The number of rotatable bonds is 6. The van der Waals surface area contributed by atoms with Crippen LogP contribution < -0.4 is 5.32 Å². The van der Waals surface area contributed by atoms with Crippen LogP contribution >= 0.6 is 0 Å². The van der Waals surface area contributed by atoms with E-state index < -0.39 is 0 Å². The van der Waals surface area contributed by atoms with E-state index in [0.29, 0.717) is 24.5 Å². The molecule has 0 aliphatic heterocycles. The average molecular weight is 227 g/mol. The molecule has 4 heteroatoms. The Labute approximate surface area is 96.7 Å². The molecule has 0 radical (unpaired) electrons. The smallest absolute Gasteiger partial charge is 0.333 e. The first-order valence-corrected chi connectivity index (χ1v) is 5.83. The number of esters is 1. The molecule has 0 aromatic rings. The van der Waals surface area contributed by atoms with Crippen LogP contribution in [0.3, 0.4) is 0 Å². The van der Waals surface area contributed by atoms with Crippen LogP contribution in [0.2, 0.25) is 0 Å². The Morgan fingerprint density at radius 2 is 2.25 bits per heavy atom. The van der Waals surface area contributed by atoms with Gasteiger partial charge in [-0.15, -0.1) is 0 Å². The van der Waals surface area contributed by atoms with E-state index in [2.05, 4.69) is 10.1 Å². The van der Waals surface area contributed by atoms with Crippen LogP contribution in [0.4, 0.5) is 0 Å². The predicted octanol–water partition coefficient (Wildman–Crippen LogP) is 0.856. The third-order valence-electron chi connectivity index (χ3n) is 2.97. The number of hydrogen-bond acceptors (Lipinski definition) is 4. The topological polar surface area (TPSA) is 58.6 Å². The molecular formula is C12H21NO3. The predicted molar refractivity (Wildman–Crippen MR) is 62.0 cm³/mol. The van der Waals surface area contributed by atoms with Gasteiger partial charge < -0.3 is 15.2 Å². The molecule has 0 spiro atoms. The van der Waals surface area contributed by atoms with Crippen molar-refractivity contribution in [3.63, 3.8) is 0 Å². The number of nitrogens with one attached hydrogen (secondary N) is 1. The molecule has 0 saturated heterocycles. The summed E-state index contributed by atoms with van der Waals surface area (Å²) in [5.41, 5.74) is 0.712. The van der Waals surface area contributed by atoms with Crippen molar-refractivity contribution in [2.75, 3.05) is 20.2 Å². The number of hydrogen-bond donors (Lipinski definition) is 2. The van der Waals surface area contributed by atoms with Gasteiger partial charge in [-0.2, -0.15) is 0 Å². The number of aliphatic hydroxyl groups is 1. The van der Waals surface area contributed by atoms with E-state index >= 15 is 0 Å². The van der Waals surface area contributed by atoms with Gasteiger partial charge in [0.1, 0.15) is 0 Å². The molecule has 1 aliphatic rings. The van der Waals surface area contributed by atoms with Gasteiger partial charge in [-0.1, -0.05) is 13.0 Å². The van der Waals surface area contributed by atoms with Crippen molar-refractivity contribution < 1.29 is 14.6 Å². The summed E-state index contributed by atoms with van der Waals surface area (Å²) in [5.74, 6) is 0.343. The molecule has 16 heavy (non-hydrogen) atoms. The fraction of sp³-hybridized carbons (Fsp3) is 0.750. The van der Waals surface area contributed by atoms with Gasteiger partial charge in [0.05, 0.1) is 13.2 Å². The van der Waals surface area contributed by atoms with Crippen molar-refractivity contribution in [2.45, 2.75) is 32.3 Å². The lowest BCUT2D eigenvalue weighted by molar-refractivity contribution is -0.136. The van der Waals surface area contributed by atoms with Gasteiger partial charge in [0.25, 0.3) is 0 Å². The van der Waals surface area contributed by atoms with E-state index in [1.165, 1.54) is 7.11 Å². The van der Waals surface area contributed by atoms with Gasteiger partial charge in [-0.3, -0.25) is 0 Å². The number of carbonyl (C=O) groups is 1. The second kappa shape index (κ2) is 6.66. The first-order valence-electron chi connectivity index (χ1n) is 5.83. The molecule has 2 N–H and O–H groups in total. The molecule has 92 valence electrons. The van der Waals surface area contributed by atoms with E-state index in [0.717, 1.165) is 19.4 Å². The molecule has 0 atom stereocenters.